The van der Waals surface area contributed by atoms with Crippen LogP contribution in [0.4, 0.5) is 11.6 Å². The van der Waals surface area contributed by atoms with Gasteiger partial charge in [0.2, 0.25) is 16.0 Å². The van der Waals surface area contributed by atoms with Crippen molar-refractivity contribution in [1.82, 2.24) is 9.97 Å². The second kappa shape index (κ2) is 7.48. The van der Waals surface area contributed by atoms with E-state index in [1.165, 1.54) is 12.4 Å². The lowest BCUT2D eigenvalue weighted by atomic mass is 10.3. The number of hydrogen-bond donors (Lipinski definition) is 1. The summed E-state index contributed by atoms with van der Waals surface area (Å²) in [5, 5.41) is 0. The first-order valence-corrected chi connectivity index (χ1v) is 9.53. The van der Waals surface area contributed by atoms with Crippen molar-refractivity contribution in [3.05, 3.63) is 42.7 Å². The summed E-state index contributed by atoms with van der Waals surface area (Å²) in [4.78, 5) is 10.5. The zero-order valence-corrected chi connectivity index (χ0v) is 14.1. The van der Waals surface area contributed by atoms with Crippen molar-refractivity contribution in [3.8, 4) is 5.75 Å². The van der Waals surface area contributed by atoms with Gasteiger partial charge in [0.1, 0.15) is 18.1 Å². The number of nitrogens with one attached hydrogen (secondary N) is 1. The number of aromatic nitrogens is 2. The summed E-state index contributed by atoms with van der Waals surface area (Å²) < 4.78 is 32.0. The molecule has 0 bridgehead atoms. The molecule has 2 aromatic rings. The summed E-state index contributed by atoms with van der Waals surface area (Å²) in [6.07, 6.45) is 5.27. The molecule has 1 N–H and O–H groups in total. The van der Waals surface area contributed by atoms with E-state index < -0.39 is 10.0 Å². The van der Waals surface area contributed by atoms with E-state index >= 15 is 0 Å². The monoisotopic (exact) mass is 348 g/mol. The zero-order valence-electron chi connectivity index (χ0n) is 13.3. The lowest BCUT2D eigenvalue weighted by Gasteiger charge is -2.15. The van der Waals surface area contributed by atoms with Gasteiger partial charge in [-0.15, -0.1) is 0 Å². The van der Waals surface area contributed by atoms with Gasteiger partial charge in [-0.1, -0.05) is 18.2 Å². The molecule has 8 heteroatoms. The minimum Gasteiger partial charge on any atom is -0.492 e. The highest BCUT2D eigenvalue weighted by molar-refractivity contribution is 7.92. The molecule has 1 aliphatic rings. The van der Waals surface area contributed by atoms with Crippen LogP contribution in [0.5, 0.6) is 5.75 Å². The highest BCUT2D eigenvalue weighted by atomic mass is 32.2. The van der Waals surface area contributed by atoms with Gasteiger partial charge in [-0.3, -0.25) is 4.72 Å². The fourth-order valence-corrected chi connectivity index (χ4v) is 3.34. The number of benzene rings is 1. The van der Waals surface area contributed by atoms with Crippen LogP contribution in [0.25, 0.3) is 0 Å². The average molecular weight is 348 g/mol. The molecule has 1 saturated heterocycles. The fraction of sp³-hybridized carbons (Fsp3) is 0.375. The first kappa shape index (κ1) is 16.5. The third-order valence-electron chi connectivity index (χ3n) is 3.66. The van der Waals surface area contributed by atoms with Gasteiger partial charge in [-0.2, -0.15) is 0 Å². The minimum atomic E-state index is -3.51. The lowest BCUT2D eigenvalue weighted by molar-refractivity contribution is 0.341. The van der Waals surface area contributed by atoms with Gasteiger partial charge in [0, 0.05) is 13.1 Å². The molecule has 1 fully saturated rings. The Labute approximate surface area is 141 Å². The Morgan fingerprint density at radius 3 is 2.42 bits per heavy atom. The Hall–Kier alpha value is -2.35. The highest BCUT2D eigenvalue weighted by Gasteiger charge is 2.16. The van der Waals surface area contributed by atoms with E-state index in [4.69, 9.17) is 4.74 Å². The smallest absolute Gasteiger partial charge is 0.236 e. The van der Waals surface area contributed by atoms with E-state index in [9.17, 15) is 8.42 Å². The van der Waals surface area contributed by atoms with Gasteiger partial charge in [0.25, 0.3) is 0 Å². The Balaban J connectivity index is 1.52. The van der Waals surface area contributed by atoms with Crippen molar-refractivity contribution in [2.45, 2.75) is 12.8 Å². The lowest BCUT2D eigenvalue weighted by Crippen LogP contribution is -2.22. The molecule has 1 aromatic heterocycles. The van der Waals surface area contributed by atoms with Crippen LogP contribution in [0.3, 0.4) is 0 Å². The predicted molar refractivity (Wildman–Crippen MR) is 92.8 cm³/mol. The van der Waals surface area contributed by atoms with Crippen molar-refractivity contribution in [2.24, 2.45) is 0 Å². The number of rotatable bonds is 7. The highest BCUT2D eigenvalue weighted by Crippen LogP contribution is 2.16. The SMILES string of the molecule is O=S(=O)(CCOc1ccccc1)Nc1cnc(N2CCCC2)nc1. The second-order valence-corrected chi connectivity index (χ2v) is 7.39. The fourth-order valence-electron chi connectivity index (χ4n) is 2.47. The summed E-state index contributed by atoms with van der Waals surface area (Å²) >= 11 is 0. The van der Waals surface area contributed by atoms with E-state index in [2.05, 4.69) is 19.6 Å². The maximum Gasteiger partial charge on any atom is 0.236 e. The molecule has 1 aromatic carbocycles. The van der Waals surface area contributed by atoms with Gasteiger partial charge in [-0.25, -0.2) is 18.4 Å². The summed E-state index contributed by atoms with van der Waals surface area (Å²) in [5.41, 5.74) is 0.359. The zero-order chi connectivity index (χ0) is 16.8. The molecule has 0 radical (unpaired) electrons. The van der Waals surface area contributed by atoms with E-state index in [1.54, 1.807) is 12.1 Å². The largest absolute Gasteiger partial charge is 0.492 e. The standard InChI is InChI=1S/C16H20N4O3S/c21-24(22,11-10-23-15-6-2-1-3-7-15)19-14-12-17-16(18-13-14)20-8-4-5-9-20/h1-3,6-7,12-13,19H,4-5,8-11H2. The Kier molecular flexibility index (Phi) is 5.14. The van der Waals surface area contributed by atoms with Crippen LogP contribution in [-0.2, 0) is 10.0 Å². The topological polar surface area (TPSA) is 84.4 Å². The first-order valence-electron chi connectivity index (χ1n) is 7.88. The molecule has 0 amide bonds. The molecule has 7 nitrogen and oxygen atoms in total. The Bertz CT molecular complexity index is 745. The quantitative estimate of drug-likeness (QED) is 0.823. The average Bonchev–Trinajstić information content (AvgIpc) is 3.10. The van der Waals surface area contributed by atoms with E-state index in [0.717, 1.165) is 25.9 Å². The van der Waals surface area contributed by atoms with E-state index in [1.807, 2.05) is 18.2 Å². The normalized spacial score (nSPS) is 14.6. The molecule has 128 valence electrons. The molecule has 0 spiro atoms. The van der Waals surface area contributed by atoms with Gasteiger partial charge in [0.15, 0.2) is 0 Å². The number of anilines is 2. The van der Waals surface area contributed by atoms with Gasteiger partial charge < -0.3 is 9.64 Å². The van der Waals surface area contributed by atoms with E-state index in [-0.39, 0.29) is 12.4 Å². The number of para-hydroxylation sites is 1. The van der Waals surface area contributed by atoms with Crippen LogP contribution in [0.2, 0.25) is 0 Å². The third-order valence-corrected chi connectivity index (χ3v) is 4.92. The van der Waals surface area contributed by atoms with E-state index in [0.29, 0.717) is 17.4 Å². The summed E-state index contributed by atoms with van der Waals surface area (Å²) in [6, 6.07) is 9.11. The maximum atomic E-state index is 12.1. The minimum absolute atomic E-state index is 0.0755. The number of sulfonamides is 1. The van der Waals surface area contributed by atoms with Crippen LogP contribution in [-0.4, -0.2) is 43.8 Å². The van der Waals surface area contributed by atoms with Crippen molar-refractivity contribution < 1.29 is 13.2 Å². The number of hydrogen-bond acceptors (Lipinski definition) is 6. The molecular formula is C16H20N4O3S. The molecular weight excluding hydrogens is 328 g/mol. The van der Waals surface area contributed by atoms with Gasteiger partial charge in [-0.05, 0) is 25.0 Å². The molecule has 0 saturated carbocycles. The number of ether oxygens (including phenoxy) is 1. The predicted octanol–water partition coefficient (Wildman–Crippen LogP) is 1.90. The van der Waals surface area contributed by atoms with Crippen molar-refractivity contribution in [1.29, 1.82) is 0 Å². The van der Waals surface area contributed by atoms with Crippen molar-refractivity contribution in [2.75, 3.05) is 35.1 Å². The summed E-state index contributed by atoms with van der Waals surface area (Å²) in [5.74, 6) is 1.14. The van der Waals surface area contributed by atoms with Gasteiger partial charge >= 0.3 is 0 Å². The molecule has 1 aliphatic heterocycles. The maximum absolute atomic E-state index is 12.1. The Morgan fingerprint density at radius 2 is 1.75 bits per heavy atom. The van der Waals surface area contributed by atoms with Crippen molar-refractivity contribution >= 4 is 21.7 Å². The van der Waals surface area contributed by atoms with Crippen LogP contribution in [0.1, 0.15) is 12.8 Å². The molecule has 0 unspecified atom stereocenters. The summed E-state index contributed by atoms with van der Waals surface area (Å²) in [7, 11) is -3.51. The molecule has 24 heavy (non-hydrogen) atoms. The Morgan fingerprint density at radius 1 is 1.08 bits per heavy atom. The molecule has 2 heterocycles. The van der Waals surface area contributed by atoms with Crippen LogP contribution < -0.4 is 14.4 Å². The molecule has 0 aliphatic carbocycles. The van der Waals surface area contributed by atoms with Crippen LogP contribution in [0, 0.1) is 0 Å². The third kappa shape index (κ3) is 4.58. The first-order chi connectivity index (χ1) is 11.6. The number of nitrogens with zero attached hydrogens (tertiary/aromatic N) is 3. The van der Waals surface area contributed by atoms with Crippen LogP contribution >= 0.6 is 0 Å². The molecule has 3 rings (SSSR count). The second-order valence-electron chi connectivity index (χ2n) is 5.55. The van der Waals surface area contributed by atoms with Crippen molar-refractivity contribution in [3.63, 3.8) is 0 Å². The summed E-state index contributed by atoms with van der Waals surface area (Å²) in [6.45, 7) is 1.97. The van der Waals surface area contributed by atoms with Crippen LogP contribution in [0.15, 0.2) is 42.7 Å². The molecule has 0 atom stereocenters. The van der Waals surface area contributed by atoms with Gasteiger partial charge in [0.05, 0.1) is 18.1 Å².